The van der Waals surface area contributed by atoms with Gasteiger partial charge in [0.25, 0.3) is 0 Å². The summed E-state index contributed by atoms with van der Waals surface area (Å²) in [5.74, 6) is -0.630. The molecule has 0 bridgehead atoms. The van der Waals surface area contributed by atoms with Gasteiger partial charge in [0.15, 0.2) is 11.6 Å². The summed E-state index contributed by atoms with van der Waals surface area (Å²) >= 11 is 0. The number of hydrogen-bond donors (Lipinski definition) is 1. The summed E-state index contributed by atoms with van der Waals surface area (Å²) < 4.78 is 46.3. The smallest absolute Gasteiger partial charge is 0.240 e. The highest BCUT2D eigenvalue weighted by Crippen LogP contribution is 2.28. The fourth-order valence-electron chi connectivity index (χ4n) is 3.47. The van der Waals surface area contributed by atoms with E-state index in [1.54, 1.807) is 0 Å². The van der Waals surface area contributed by atoms with Crippen LogP contribution in [0.15, 0.2) is 23.1 Å². The van der Waals surface area contributed by atoms with Gasteiger partial charge in [0, 0.05) is 18.6 Å². The maximum atomic E-state index is 13.7. The zero-order valence-electron chi connectivity index (χ0n) is 12.6. The Labute approximate surface area is 130 Å². The fourth-order valence-corrected chi connectivity index (χ4v) is 4.78. The normalized spacial score (nSPS) is 25.9. The van der Waals surface area contributed by atoms with Gasteiger partial charge in [-0.3, -0.25) is 4.90 Å². The standard InChI is InChI=1S/C15H21FN2O3S/c1-21-15-6-5-11(10-12(15)16)22(19,20)17-13-7-9-18-8-3-2-4-14(13)18/h5-6,10,13-14,17H,2-4,7-9H2,1H3/t13-,14-/m1/s1. The average Bonchev–Trinajstić information content (AvgIpc) is 2.90. The Morgan fingerprint density at radius 1 is 1.27 bits per heavy atom. The number of hydrogen-bond acceptors (Lipinski definition) is 4. The number of ether oxygens (including phenoxy) is 1. The van der Waals surface area contributed by atoms with E-state index in [-0.39, 0.29) is 22.7 Å². The molecule has 0 spiro atoms. The van der Waals surface area contributed by atoms with Crippen LogP contribution in [0, 0.1) is 5.82 Å². The highest BCUT2D eigenvalue weighted by molar-refractivity contribution is 7.89. The summed E-state index contributed by atoms with van der Waals surface area (Å²) in [7, 11) is -2.37. The maximum absolute atomic E-state index is 13.7. The minimum atomic E-state index is -3.71. The second kappa shape index (κ2) is 6.14. The first-order chi connectivity index (χ1) is 10.5. The molecule has 22 heavy (non-hydrogen) atoms. The van der Waals surface area contributed by atoms with Crippen molar-refractivity contribution in [1.82, 2.24) is 9.62 Å². The van der Waals surface area contributed by atoms with Gasteiger partial charge < -0.3 is 4.74 Å². The molecule has 2 heterocycles. The first-order valence-electron chi connectivity index (χ1n) is 7.61. The van der Waals surface area contributed by atoms with Crippen LogP contribution in [0.5, 0.6) is 5.75 Å². The lowest BCUT2D eigenvalue weighted by molar-refractivity contribution is 0.186. The number of fused-ring (bicyclic) bond motifs is 1. The van der Waals surface area contributed by atoms with Gasteiger partial charge in [0.1, 0.15) is 0 Å². The lowest BCUT2D eigenvalue weighted by Crippen LogP contribution is -2.46. The van der Waals surface area contributed by atoms with Crippen LogP contribution in [0.1, 0.15) is 25.7 Å². The second-order valence-electron chi connectivity index (χ2n) is 5.91. The van der Waals surface area contributed by atoms with Gasteiger partial charge >= 0.3 is 0 Å². The lowest BCUT2D eigenvalue weighted by atomic mass is 10.00. The molecule has 2 saturated heterocycles. The van der Waals surface area contributed by atoms with Gasteiger partial charge in [-0.2, -0.15) is 0 Å². The van der Waals surface area contributed by atoms with Crippen LogP contribution in [0.3, 0.4) is 0 Å². The monoisotopic (exact) mass is 328 g/mol. The lowest BCUT2D eigenvalue weighted by Gasteiger charge is -2.32. The zero-order chi connectivity index (χ0) is 15.7. The highest BCUT2D eigenvalue weighted by Gasteiger charge is 2.37. The molecule has 0 unspecified atom stereocenters. The van der Waals surface area contributed by atoms with E-state index < -0.39 is 15.8 Å². The molecule has 5 nitrogen and oxygen atoms in total. The Balaban J connectivity index is 1.77. The first kappa shape index (κ1) is 15.7. The Hall–Kier alpha value is -1.18. The molecule has 2 aliphatic rings. The summed E-state index contributed by atoms with van der Waals surface area (Å²) in [4.78, 5) is 2.30. The van der Waals surface area contributed by atoms with Gasteiger partial charge in [-0.1, -0.05) is 6.42 Å². The second-order valence-corrected chi connectivity index (χ2v) is 7.63. The van der Waals surface area contributed by atoms with Crippen LogP contribution < -0.4 is 9.46 Å². The molecular formula is C15H21FN2O3S. The van der Waals surface area contributed by atoms with Crippen LogP contribution in [-0.4, -0.2) is 45.6 Å². The predicted octanol–water partition coefficient (Wildman–Crippen LogP) is 1.74. The summed E-state index contributed by atoms with van der Waals surface area (Å²) in [6.07, 6.45) is 4.14. The fraction of sp³-hybridized carbons (Fsp3) is 0.600. The Morgan fingerprint density at radius 3 is 2.82 bits per heavy atom. The molecule has 2 atom stereocenters. The number of nitrogens with one attached hydrogen (secondary N) is 1. The Bertz CT molecular complexity index is 650. The van der Waals surface area contributed by atoms with Crippen molar-refractivity contribution in [1.29, 1.82) is 0 Å². The van der Waals surface area contributed by atoms with Gasteiger partial charge in [0.2, 0.25) is 10.0 Å². The van der Waals surface area contributed by atoms with E-state index in [1.807, 2.05) is 0 Å². The van der Waals surface area contributed by atoms with E-state index in [0.29, 0.717) is 0 Å². The third kappa shape index (κ3) is 2.98. The quantitative estimate of drug-likeness (QED) is 0.915. The molecule has 1 aromatic carbocycles. The van der Waals surface area contributed by atoms with Crippen LogP contribution in [-0.2, 0) is 10.0 Å². The molecule has 2 fully saturated rings. The molecule has 0 aromatic heterocycles. The van der Waals surface area contributed by atoms with Crippen molar-refractivity contribution in [2.75, 3.05) is 20.2 Å². The molecule has 0 radical (unpaired) electrons. The summed E-state index contributed by atoms with van der Waals surface area (Å²) in [5, 5.41) is 0. The third-order valence-corrected chi connectivity index (χ3v) is 6.08. The number of rotatable bonds is 4. The van der Waals surface area contributed by atoms with Crippen molar-refractivity contribution < 1.29 is 17.5 Å². The van der Waals surface area contributed by atoms with Crippen LogP contribution >= 0.6 is 0 Å². The van der Waals surface area contributed by atoms with E-state index in [2.05, 4.69) is 9.62 Å². The highest BCUT2D eigenvalue weighted by atomic mass is 32.2. The summed E-state index contributed by atoms with van der Waals surface area (Å²) in [5.41, 5.74) is 0. The molecule has 1 N–H and O–H groups in total. The average molecular weight is 328 g/mol. The Kier molecular flexibility index (Phi) is 4.38. The van der Waals surface area contributed by atoms with E-state index in [9.17, 15) is 12.8 Å². The molecule has 2 aliphatic heterocycles. The largest absolute Gasteiger partial charge is 0.494 e. The van der Waals surface area contributed by atoms with E-state index in [0.717, 1.165) is 38.4 Å². The SMILES string of the molecule is COc1ccc(S(=O)(=O)N[C@@H]2CCN3CCCC[C@H]23)cc1F. The summed E-state index contributed by atoms with van der Waals surface area (Å²) in [6, 6.07) is 3.90. The van der Waals surface area contributed by atoms with Crippen molar-refractivity contribution >= 4 is 10.0 Å². The number of halogens is 1. The van der Waals surface area contributed by atoms with E-state index in [4.69, 9.17) is 4.74 Å². The van der Waals surface area contributed by atoms with Crippen LogP contribution in [0.4, 0.5) is 4.39 Å². The number of methoxy groups -OCH3 is 1. The molecular weight excluding hydrogens is 307 g/mol. The van der Waals surface area contributed by atoms with Crippen LogP contribution in [0.2, 0.25) is 0 Å². The predicted molar refractivity (Wildman–Crippen MR) is 80.9 cm³/mol. The molecule has 7 heteroatoms. The molecule has 0 amide bonds. The van der Waals surface area contributed by atoms with Crippen LogP contribution in [0.25, 0.3) is 0 Å². The third-order valence-electron chi connectivity index (χ3n) is 4.60. The summed E-state index contributed by atoms with van der Waals surface area (Å²) in [6.45, 7) is 1.97. The van der Waals surface area contributed by atoms with Gasteiger partial charge in [-0.05, 0) is 44.0 Å². The molecule has 122 valence electrons. The van der Waals surface area contributed by atoms with Gasteiger partial charge in [-0.25, -0.2) is 17.5 Å². The number of piperidine rings is 1. The zero-order valence-corrected chi connectivity index (χ0v) is 13.4. The number of benzene rings is 1. The van der Waals surface area contributed by atoms with Crippen molar-refractivity contribution in [3.8, 4) is 5.75 Å². The minimum absolute atomic E-state index is 0.0401. The molecule has 3 rings (SSSR count). The van der Waals surface area contributed by atoms with Crippen molar-refractivity contribution in [3.05, 3.63) is 24.0 Å². The van der Waals surface area contributed by atoms with E-state index >= 15 is 0 Å². The Morgan fingerprint density at radius 2 is 2.09 bits per heavy atom. The maximum Gasteiger partial charge on any atom is 0.240 e. The number of sulfonamides is 1. The molecule has 0 aliphatic carbocycles. The van der Waals surface area contributed by atoms with Crippen molar-refractivity contribution in [3.63, 3.8) is 0 Å². The first-order valence-corrected chi connectivity index (χ1v) is 9.09. The molecule has 1 aromatic rings. The van der Waals surface area contributed by atoms with E-state index in [1.165, 1.54) is 25.7 Å². The molecule has 0 saturated carbocycles. The minimum Gasteiger partial charge on any atom is -0.494 e. The number of nitrogens with zero attached hydrogens (tertiary/aromatic N) is 1. The van der Waals surface area contributed by atoms with Crippen molar-refractivity contribution in [2.24, 2.45) is 0 Å². The van der Waals surface area contributed by atoms with Gasteiger partial charge in [-0.15, -0.1) is 0 Å². The topological polar surface area (TPSA) is 58.6 Å². The van der Waals surface area contributed by atoms with Crippen molar-refractivity contribution in [2.45, 2.75) is 42.7 Å². The van der Waals surface area contributed by atoms with Gasteiger partial charge in [0.05, 0.1) is 12.0 Å².